The van der Waals surface area contributed by atoms with E-state index in [1.807, 2.05) is 17.8 Å². The Morgan fingerprint density at radius 2 is 2.05 bits per heavy atom. The molecule has 19 heavy (non-hydrogen) atoms. The fourth-order valence-electron chi connectivity index (χ4n) is 2.71. The second kappa shape index (κ2) is 4.30. The third kappa shape index (κ3) is 1.87. The first kappa shape index (κ1) is 12.1. The van der Waals surface area contributed by atoms with E-state index in [1.165, 1.54) is 5.56 Å². The van der Waals surface area contributed by atoms with Crippen molar-refractivity contribution in [2.45, 2.75) is 25.8 Å². The summed E-state index contributed by atoms with van der Waals surface area (Å²) in [5, 5.41) is 11.8. The highest BCUT2D eigenvalue weighted by atomic mass is 15.4. The van der Waals surface area contributed by atoms with Crippen molar-refractivity contribution in [3.05, 3.63) is 41.6 Å². The molecule has 0 radical (unpaired) electrons. The molecule has 4 heteroatoms. The van der Waals surface area contributed by atoms with E-state index in [1.54, 1.807) is 0 Å². The second-order valence-electron chi connectivity index (χ2n) is 5.32. The Hall–Kier alpha value is -1.97. The largest absolute Gasteiger partial charge is 0.378 e. The maximum absolute atomic E-state index is 4.56. The average Bonchev–Trinajstić information content (AvgIpc) is 2.76. The predicted octanol–water partition coefficient (Wildman–Crippen LogP) is 2.74. The summed E-state index contributed by atoms with van der Waals surface area (Å²) < 4.78 is 1.93. The van der Waals surface area contributed by atoms with Gasteiger partial charge in [-0.2, -0.15) is 5.10 Å². The Morgan fingerprint density at radius 3 is 2.74 bits per heavy atom. The molecule has 2 heterocycles. The van der Waals surface area contributed by atoms with Crippen LogP contribution in [0.5, 0.6) is 0 Å². The number of benzene rings is 1. The number of anilines is 2. The lowest BCUT2D eigenvalue weighted by Crippen LogP contribution is -2.43. The van der Waals surface area contributed by atoms with Gasteiger partial charge in [-0.15, -0.1) is 0 Å². The number of hydrogen-bond acceptors (Lipinski definition) is 3. The van der Waals surface area contributed by atoms with Crippen LogP contribution in [-0.4, -0.2) is 16.3 Å². The fraction of sp³-hybridized carbons (Fsp3) is 0.400. The topological polar surface area (TPSA) is 41.9 Å². The number of aromatic nitrogens is 2. The molecule has 2 aromatic rings. The van der Waals surface area contributed by atoms with Crippen molar-refractivity contribution in [1.29, 1.82) is 0 Å². The molecule has 0 saturated heterocycles. The van der Waals surface area contributed by atoms with Gasteiger partial charge < -0.3 is 10.6 Å². The lowest BCUT2D eigenvalue weighted by Gasteiger charge is -2.37. The lowest BCUT2D eigenvalue weighted by atomic mass is 9.90. The smallest absolute Gasteiger partial charge is 0.148 e. The molecule has 1 atom stereocenters. The van der Waals surface area contributed by atoms with Crippen LogP contribution in [0.15, 0.2) is 30.3 Å². The van der Waals surface area contributed by atoms with Gasteiger partial charge in [0.25, 0.3) is 0 Å². The Bertz CT molecular complexity index is 588. The lowest BCUT2D eigenvalue weighted by molar-refractivity contribution is 0.554. The van der Waals surface area contributed by atoms with Crippen molar-refractivity contribution >= 4 is 11.5 Å². The first-order valence-electron chi connectivity index (χ1n) is 6.77. The van der Waals surface area contributed by atoms with Gasteiger partial charge in [-0.3, -0.25) is 4.68 Å². The van der Waals surface area contributed by atoms with Crippen molar-refractivity contribution in [2.24, 2.45) is 7.05 Å². The molecule has 0 aliphatic carbocycles. The van der Waals surface area contributed by atoms with Gasteiger partial charge in [-0.1, -0.05) is 37.3 Å². The van der Waals surface area contributed by atoms with Gasteiger partial charge in [-0.05, 0) is 18.9 Å². The minimum absolute atomic E-state index is 0.104. The fourth-order valence-corrected chi connectivity index (χ4v) is 2.71. The second-order valence-corrected chi connectivity index (χ2v) is 5.32. The van der Waals surface area contributed by atoms with Gasteiger partial charge in [0.1, 0.15) is 11.5 Å². The summed E-state index contributed by atoms with van der Waals surface area (Å²) in [6.45, 7) is 5.22. The molecular formula is C15H20N4. The van der Waals surface area contributed by atoms with E-state index in [9.17, 15) is 0 Å². The molecule has 1 aromatic heterocycles. The third-order valence-electron chi connectivity index (χ3n) is 3.88. The highest BCUT2D eigenvalue weighted by Gasteiger charge is 2.33. The monoisotopic (exact) mass is 256 g/mol. The molecule has 2 N–H and O–H groups in total. The molecule has 1 aliphatic rings. The van der Waals surface area contributed by atoms with Gasteiger partial charge in [0.05, 0.1) is 11.2 Å². The zero-order chi connectivity index (χ0) is 13.5. The zero-order valence-electron chi connectivity index (χ0n) is 11.7. The predicted molar refractivity (Wildman–Crippen MR) is 78.5 cm³/mol. The van der Waals surface area contributed by atoms with Crippen LogP contribution in [0.2, 0.25) is 0 Å². The van der Waals surface area contributed by atoms with Crippen molar-refractivity contribution in [3.8, 4) is 0 Å². The number of nitrogens with zero attached hydrogens (tertiary/aromatic N) is 2. The Labute approximate surface area is 113 Å². The third-order valence-corrected chi connectivity index (χ3v) is 3.88. The van der Waals surface area contributed by atoms with Gasteiger partial charge in [-0.25, -0.2) is 0 Å². The van der Waals surface area contributed by atoms with Crippen LogP contribution in [0, 0.1) is 0 Å². The number of hydrogen-bond donors (Lipinski definition) is 2. The van der Waals surface area contributed by atoms with E-state index in [0.29, 0.717) is 0 Å². The molecule has 3 rings (SSSR count). The number of rotatable bonds is 2. The Morgan fingerprint density at radius 1 is 1.32 bits per heavy atom. The Balaban J connectivity index is 2.00. The molecule has 4 nitrogen and oxygen atoms in total. The number of aryl methyl sites for hydroxylation is 2. The van der Waals surface area contributed by atoms with Crippen LogP contribution in [-0.2, 0) is 19.0 Å². The van der Waals surface area contributed by atoms with E-state index in [4.69, 9.17) is 0 Å². The molecular weight excluding hydrogens is 236 g/mol. The zero-order valence-corrected chi connectivity index (χ0v) is 11.7. The summed E-state index contributed by atoms with van der Waals surface area (Å²) in [5.74, 6) is 1.08. The maximum atomic E-state index is 4.56. The van der Waals surface area contributed by atoms with E-state index in [2.05, 4.69) is 53.8 Å². The molecule has 0 amide bonds. The summed E-state index contributed by atoms with van der Waals surface area (Å²) in [5.41, 5.74) is 3.46. The maximum Gasteiger partial charge on any atom is 0.148 e. The summed E-state index contributed by atoms with van der Waals surface area (Å²) in [6, 6.07) is 10.5. The van der Waals surface area contributed by atoms with E-state index in [0.717, 1.165) is 30.2 Å². The summed E-state index contributed by atoms with van der Waals surface area (Å²) in [6.07, 6.45) is 0.944. The van der Waals surface area contributed by atoms with Crippen LogP contribution < -0.4 is 10.6 Å². The SMILES string of the molecule is CCc1nn(C)c2c1NCC(C)(c1ccccc1)N2. The molecule has 1 aromatic carbocycles. The molecule has 0 bridgehead atoms. The van der Waals surface area contributed by atoms with E-state index >= 15 is 0 Å². The highest BCUT2D eigenvalue weighted by molar-refractivity contribution is 5.72. The number of nitrogens with one attached hydrogen (secondary N) is 2. The molecule has 1 aliphatic heterocycles. The van der Waals surface area contributed by atoms with Gasteiger partial charge in [0, 0.05) is 13.6 Å². The van der Waals surface area contributed by atoms with Gasteiger partial charge in [0.2, 0.25) is 0 Å². The molecule has 0 saturated carbocycles. The quantitative estimate of drug-likeness (QED) is 0.868. The van der Waals surface area contributed by atoms with Crippen LogP contribution in [0.4, 0.5) is 11.5 Å². The minimum atomic E-state index is -0.104. The van der Waals surface area contributed by atoms with Crippen molar-refractivity contribution in [1.82, 2.24) is 9.78 Å². The van der Waals surface area contributed by atoms with Crippen LogP contribution in [0.1, 0.15) is 25.1 Å². The summed E-state index contributed by atoms with van der Waals surface area (Å²) in [4.78, 5) is 0. The molecule has 1 unspecified atom stereocenters. The first-order valence-corrected chi connectivity index (χ1v) is 6.77. The van der Waals surface area contributed by atoms with Crippen molar-refractivity contribution in [2.75, 3.05) is 17.2 Å². The molecule has 0 fully saturated rings. The Kier molecular flexibility index (Phi) is 2.73. The van der Waals surface area contributed by atoms with E-state index < -0.39 is 0 Å². The summed E-state index contributed by atoms with van der Waals surface area (Å²) >= 11 is 0. The first-order chi connectivity index (χ1) is 9.14. The van der Waals surface area contributed by atoms with Gasteiger partial charge >= 0.3 is 0 Å². The number of fused-ring (bicyclic) bond motifs is 1. The molecule has 0 spiro atoms. The van der Waals surface area contributed by atoms with Crippen LogP contribution in [0.3, 0.4) is 0 Å². The average molecular weight is 256 g/mol. The van der Waals surface area contributed by atoms with E-state index in [-0.39, 0.29) is 5.54 Å². The standard InChI is InChI=1S/C15H20N4/c1-4-12-13-14(19(3)18-12)17-15(2,10-16-13)11-8-6-5-7-9-11/h5-9,16-17H,4,10H2,1-3H3. The van der Waals surface area contributed by atoms with Crippen LogP contribution in [0.25, 0.3) is 0 Å². The van der Waals surface area contributed by atoms with Crippen LogP contribution >= 0.6 is 0 Å². The van der Waals surface area contributed by atoms with Crippen molar-refractivity contribution < 1.29 is 0 Å². The summed E-state index contributed by atoms with van der Waals surface area (Å²) in [7, 11) is 1.99. The molecule has 100 valence electrons. The van der Waals surface area contributed by atoms with Gasteiger partial charge in [0.15, 0.2) is 0 Å². The minimum Gasteiger partial charge on any atom is -0.378 e. The highest BCUT2D eigenvalue weighted by Crippen LogP contribution is 2.37. The normalized spacial score (nSPS) is 21.4. The van der Waals surface area contributed by atoms with Crippen molar-refractivity contribution in [3.63, 3.8) is 0 Å².